The first-order valence-corrected chi connectivity index (χ1v) is 13.7. The molecule has 10 nitrogen and oxygen atoms in total. The van der Waals surface area contributed by atoms with Crippen LogP contribution in [0.1, 0.15) is 44.0 Å². The summed E-state index contributed by atoms with van der Waals surface area (Å²) < 4.78 is 50.2. The molecule has 218 valence electrons. The van der Waals surface area contributed by atoms with E-state index in [-0.39, 0.29) is 38.8 Å². The quantitative estimate of drug-likeness (QED) is 0.218. The van der Waals surface area contributed by atoms with Gasteiger partial charge in [0.15, 0.2) is 12.4 Å². The predicted octanol–water partition coefficient (Wildman–Crippen LogP) is 6.05. The minimum atomic E-state index is -4.77. The Morgan fingerprint density at radius 2 is 1.93 bits per heavy atom. The first kappa shape index (κ1) is 29.1. The number of hydrogen-bond acceptors (Lipinski definition) is 7. The van der Waals surface area contributed by atoms with E-state index in [1.54, 1.807) is 23.7 Å². The van der Waals surface area contributed by atoms with Crippen molar-refractivity contribution in [2.45, 2.75) is 40.2 Å². The molecule has 0 spiro atoms. The minimum Gasteiger partial charge on any atom is -0.470 e. The number of aryl methyl sites for hydroxylation is 2. The number of carbonyl (C=O) groups is 2. The average Bonchev–Trinajstić information content (AvgIpc) is 3.65. The highest BCUT2D eigenvalue weighted by atomic mass is 35.5. The number of primary amides is 1. The third-order valence-electron chi connectivity index (χ3n) is 6.42. The van der Waals surface area contributed by atoms with E-state index in [4.69, 9.17) is 22.1 Å². The molecule has 0 fully saturated rings. The van der Waals surface area contributed by atoms with Crippen LogP contribution < -0.4 is 15.8 Å². The van der Waals surface area contributed by atoms with Crippen molar-refractivity contribution in [1.82, 2.24) is 24.5 Å². The normalized spacial score (nSPS) is 11.7. The number of nitrogens with two attached hydrogens (primary N) is 1. The number of carbonyl (C=O) groups excluding carboxylic acids is 2. The van der Waals surface area contributed by atoms with Gasteiger partial charge in [-0.2, -0.15) is 23.4 Å². The molecule has 5 rings (SSSR count). The lowest BCUT2D eigenvalue weighted by atomic mass is 10.0. The Kier molecular flexibility index (Phi) is 7.68. The highest BCUT2D eigenvalue weighted by Crippen LogP contribution is 2.44. The van der Waals surface area contributed by atoms with Crippen LogP contribution in [0, 0.1) is 13.8 Å². The molecular formula is C27H23ClF3N7O3S. The van der Waals surface area contributed by atoms with Crippen molar-refractivity contribution in [2.24, 2.45) is 5.73 Å². The molecule has 0 unspecified atom stereocenters. The van der Waals surface area contributed by atoms with Gasteiger partial charge in [0, 0.05) is 29.4 Å². The molecule has 0 saturated heterocycles. The SMILES string of the molecule is CCn1ncc(-c2cc(C(F)(F)F)nc3sc(C(N)=O)c(NC(=O)c4ccn(COc5cc(C)ccc5Cl)n4)c23)c1C. The fourth-order valence-corrected chi connectivity index (χ4v) is 5.55. The molecule has 4 aromatic heterocycles. The molecule has 1 aromatic carbocycles. The molecule has 0 bridgehead atoms. The molecule has 5 aromatic rings. The maximum atomic E-state index is 13.8. The number of fused-ring (bicyclic) bond motifs is 1. The lowest BCUT2D eigenvalue weighted by Gasteiger charge is -2.12. The summed E-state index contributed by atoms with van der Waals surface area (Å²) in [6.45, 7) is 5.86. The number of nitrogens with zero attached hydrogens (tertiary/aromatic N) is 5. The molecule has 42 heavy (non-hydrogen) atoms. The second kappa shape index (κ2) is 11.1. The van der Waals surface area contributed by atoms with Gasteiger partial charge in [-0.15, -0.1) is 11.3 Å². The summed E-state index contributed by atoms with van der Waals surface area (Å²) >= 11 is 6.82. The number of benzene rings is 1. The van der Waals surface area contributed by atoms with Crippen molar-refractivity contribution in [3.8, 4) is 16.9 Å². The van der Waals surface area contributed by atoms with Crippen LogP contribution >= 0.6 is 22.9 Å². The van der Waals surface area contributed by atoms with Crippen molar-refractivity contribution < 1.29 is 27.5 Å². The van der Waals surface area contributed by atoms with E-state index in [0.717, 1.165) is 11.6 Å². The number of alkyl halides is 3. The lowest BCUT2D eigenvalue weighted by Crippen LogP contribution is -2.18. The molecule has 0 aliphatic heterocycles. The summed E-state index contributed by atoms with van der Waals surface area (Å²) in [4.78, 5) is 29.2. The van der Waals surface area contributed by atoms with Gasteiger partial charge in [0.1, 0.15) is 21.2 Å². The van der Waals surface area contributed by atoms with E-state index >= 15 is 0 Å². The van der Waals surface area contributed by atoms with Crippen LogP contribution in [0.4, 0.5) is 18.9 Å². The van der Waals surface area contributed by atoms with Gasteiger partial charge in [-0.3, -0.25) is 14.3 Å². The second-order valence-corrected chi connectivity index (χ2v) is 10.7. The van der Waals surface area contributed by atoms with E-state index in [0.29, 0.717) is 39.9 Å². The number of amides is 2. The summed E-state index contributed by atoms with van der Waals surface area (Å²) in [5.41, 5.74) is 6.34. The van der Waals surface area contributed by atoms with Crippen LogP contribution in [0.3, 0.4) is 0 Å². The number of ether oxygens (including phenoxy) is 1. The topological polar surface area (TPSA) is 130 Å². The third-order valence-corrected chi connectivity index (χ3v) is 7.83. The van der Waals surface area contributed by atoms with E-state index < -0.39 is 23.7 Å². The van der Waals surface area contributed by atoms with Crippen molar-refractivity contribution >= 4 is 50.7 Å². The Morgan fingerprint density at radius 1 is 1.17 bits per heavy atom. The van der Waals surface area contributed by atoms with E-state index in [9.17, 15) is 22.8 Å². The number of pyridine rings is 1. The van der Waals surface area contributed by atoms with E-state index in [2.05, 4.69) is 20.5 Å². The molecule has 3 N–H and O–H groups in total. The largest absolute Gasteiger partial charge is 0.470 e. The van der Waals surface area contributed by atoms with Crippen molar-refractivity contribution in [1.29, 1.82) is 0 Å². The first-order valence-electron chi connectivity index (χ1n) is 12.5. The molecular weight excluding hydrogens is 595 g/mol. The zero-order valence-electron chi connectivity index (χ0n) is 22.4. The second-order valence-electron chi connectivity index (χ2n) is 9.26. The molecule has 0 radical (unpaired) electrons. The third kappa shape index (κ3) is 5.54. The molecule has 15 heteroatoms. The Morgan fingerprint density at radius 3 is 2.60 bits per heavy atom. The summed E-state index contributed by atoms with van der Waals surface area (Å²) in [7, 11) is 0. The van der Waals surface area contributed by atoms with Crippen LogP contribution in [-0.2, 0) is 19.5 Å². The zero-order valence-corrected chi connectivity index (χ0v) is 24.0. The number of anilines is 1. The Labute approximate surface area is 245 Å². The number of halogens is 4. The first-order chi connectivity index (χ1) is 19.9. The lowest BCUT2D eigenvalue weighted by molar-refractivity contribution is -0.140. The summed E-state index contributed by atoms with van der Waals surface area (Å²) in [5.74, 6) is -1.23. The van der Waals surface area contributed by atoms with Crippen LogP contribution in [0.15, 0.2) is 42.7 Å². The minimum absolute atomic E-state index is 0.0416. The van der Waals surface area contributed by atoms with Gasteiger partial charge < -0.3 is 15.8 Å². The molecule has 2 amide bonds. The van der Waals surface area contributed by atoms with E-state index in [1.807, 2.05) is 19.9 Å². The number of thiophene rings is 1. The highest BCUT2D eigenvalue weighted by molar-refractivity contribution is 7.21. The van der Waals surface area contributed by atoms with Crippen LogP contribution in [0.25, 0.3) is 21.3 Å². The molecule has 0 aliphatic rings. The van der Waals surface area contributed by atoms with Gasteiger partial charge in [0.05, 0.1) is 16.9 Å². The van der Waals surface area contributed by atoms with Gasteiger partial charge in [-0.05, 0) is 56.2 Å². The predicted molar refractivity (Wildman–Crippen MR) is 152 cm³/mol. The monoisotopic (exact) mass is 617 g/mol. The van der Waals surface area contributed by atoms with Crippen molar-refractivity contribution in [3.63, 3.8) is 0 Å². The zero-order chi connectivity index (χ0) is 30.3. The molecule has 0 saturated carbocycles. The number of aromatic nitrogens is 5. The summed E-state index contributed by atoms with van der Waals surface area (Å²) in [5, 5.41) is 11.6. The van der Waals surface area contributed by atoms with Gasteiger partial charge in [-0.1, -0.05) is 17.7 Å². The fraction of sp³-hybridized carbons (Fsp3) is 0.222. The maximum Gasteiger partial charge on any atom is 0.433 e. The van der Waals surface area contributed by atoms with Gasteiger partial charge in [-0.25, -0.2) is 9.67 Å². The fourth-order valence-electron chi connectivity index (χ4n) is 4.37. The van der Waals surface area contributed by atoms with Crippen LogP contribution in [0.2, 0.25) is 5.02 Å². The smallest absolute Gasteiger partial charge is 0.433 e. The van der Waals surface area contributed by atoms with Gasteiger partial charge in [0.2, 0.25) is 0 Å². The maximum absolute atomic E-state index is 13.8. The summed E-state index contributed by atoms with van der Waals surface area (Å²) in [6, 6.07) is 7.59. The molecule has 0 aliphatic carbocycles. The average molecular weight is 618 g/mol. The van der Waals surface area contributed by atoms with Crippen LogP contribution in [-0.4, -0.2) is 36.4 Å². The van der Waals surface area contributed by atoms with Crippen LogP contribution in [0.5, 0.6) is 5.75 Å². The Balaban J connectivity index is 1.54. The number of nitrogens with one attached hydrogen (secondary N) is 1. The number of rotatable bonds is 8. The Bertz CT molecular complexity index is 1840. The molecule has 4 heterocycles. The van der Waals surface area contributed by atoms with Crippen molar-refractivity contribution in [3.05, 3.63) is 75.3 Å². The molecule has 0 atom stereocenters. The number of hydrogen-bond donors (Lipinski definition) is 2. The van der Waals surface area contributed by atoms with Gasteiger partial charge >= 0.3 is 6.18 Å². The van der Waals surface area contributed by atoms with Gasteiger partial charge in [0.25, 0.3) is 11.8 Å². The highest BCUT2D eigenvalue weighted by Gasteiger charge is 2.35. The Hall–Kier alpha value is -4.43. The standard InChI is InChI=1S/C27H23ClF3N7O3S/c1-4-38-14(3)16(11-33-38)15-10-20(27(29,30)31)34-26-21(15)22(23(42-26)24(32)39)35-25(40)18-7-8-37(36-18)12-41-19-9-13(2)5-6-17(19)28/h5-11H,4,12H2,1-3H3,(H2,32,39)(H,35,40). The summed E-state index contributed by atoms with van der Waals surface area (Å²) in [6.07, 6.45) is -1.83. The van der Waals surface area contributed by atoms with E-state index in [1.165, 1.54) is 23.1 Å². The van der Waals surface area contributed by atoms with Crippen molar-refractivity contribution in [2.75, 3.05) is 5.32 Å².